The van der Waals surface area contributed by atoms with Crippen LogP contribution < -0.4 is 16.8 Å². The van der Waals surface area contributed by atoms with Crippen LogP contribution in [0.2, 0.25) is 0 Å². The highest BCUT2D eigenvalue weighted by Crippen LogP contribution is 2.10. The summed E-state index contributed by atoms with van der Waals surface area (Å²) in [4.78, 5) is 33.0. The van der Waals surface area contributed by atoms with Crippen LogP contribution in [0.1, 0.15) is 10.4 Å². The monoisotopic (exact) mass is 285 g/mol. The van der Waals surface area contributed by atoms with Crippen molar-refractivity contribution in [3.8, 4) is 0 Å². The lowest BCUT2D eigenvalue weighted by molar-refractivity contribution is -0.135. The fourth-order valence-electron chi connectivity index (χ4n) is 1.20. The first-order valence-electron chi connectivity index (χ1n) is 5.03. The molecule has 1 aromatic rings. The average Bonchev–Trinajstić information content (AvgIpc) is 2.36. The lowest BCUT2D eigenvalue weighted by Gasteiger charge is -2.06. The van der Waals surface area contributed by atoms with Gasteiger partial charge in [0.2, 0.25) is 5.91 Å². The minimum absolute atomic E-state index is 0. The van der Waals surface area contributed by atoms with E-state index < -0.39 is 18.4 Å². The quantitative estimate of drug-likeness (QED) is 0.504. The van der Waals surface area contributed by atoms with Crippen molar-refractivity contribution in [2.45, 2.75) is 0 Å². The van der Waals surface area contributed by atoms with Crippen molar-refractivity contribution in [3.63, 3.8) is 0 Å². The second-order valence-corrected chi connectivity index (χ2v) is 3.68. The number of hydrogen-bond donors (Lipinski definition) is 5. The fourth-order valence-corrected chi connectivity index (χ4v) is 1.28. The molecule has 0 saturated carbocycles. The Morgan fingerprint density at radius 2 is 1.95 bits per heavy atom. The van der Waals surface area contributed by atoms with Crippen molar-refractivity contribution < 1.29 is 19.5 Å². The Morgan fingerprint density at radius 3 is 2.53 bits per heavy atom. The third-order valence-corrected chi connectivity index (χ3v) is 2.24. The van der Waals surface area contributed by atoms with Gasteiger partial charge < -0.3 is 21.9 Å². The SMILES string of the molecule is N.O=C(O)CNC(=O)c1cccc(NC(=O)CS)c1. The van der Waals surface area contributed by atoms with Crippen LogP contribution >= 0.6 is 12.6 Å². The first-order chi connectivity index (χ1) is 8.52. The van der Waals surface area contributed by atoms with E-state index >= 15 is 0 Å². The van der Waals surface area contributed by atoms with Gasteiger partial charge in [0.15, 0.2) is 0 Å². The standard InChI is InChI=1S/C11H12N2O4S.H3N/c14-9(6-18)13-8-3-1-2-7(4-8)11(17)12-5-10(15)16;/h1-4,18H,5-6H2,(H,12,17)(H,13,14)(H,15,16);1H3. The Kier molecular flexibility index (Phi) is 7.23. The molecule has 0 aliphatic carbocycles. The van der Waals surface area contributed by atoms with E-state index in [4.69, 9.17) is 5.11 Å². The van der Waals surface area contributed by atoms with Crippen LogP contribution in [-0.4, -0.2) is 35.2 Å². The lowest BCUT2D eigenvalue weighted by atomic mass is 10.2. The summed E-state index contributed by atoms with van der Waals surface area (Å²) in [5.74, 6) is -1.89. The van der Waals surface area contributed by atoms with Gasteiger partial charge in [-0.15, -0.1) is 0 Å². The van der Waals surface area contributed by atoms with Crippen LogP contribution in [0.5, 0.6) is 0 Å². The Labute approximate surface area is 115 Å². The fraction of sp³-hybridized carbons (Fsp3) is 0.182. The molecule has 6 N–H and O–H groups in total. The van der Waals surface area contributed by atoms with Crippen LogP contribution in [-0.2, 0) is 9.59 Å². The normalized spacial score (nSPS) is 9.11. The molecule has 0 aromatic heterocycles. The Hall–Kier alpha value is -2.06. The molecule has 1 aromatic carbocycles. The molecule has 104 valence electrons. The smallest absolute Gasteiger partial charge is 0.322 e. The minimum Gasteiger partial charge on any atom is -0.480 e. The molecule has 0 spiro atoms. The molecule has 0 aliphatic heterocycles. The lowest BCUT2D eigenvalue weighted by Crippen LogP contribution is -2.29. The number of amides is 2. The van der Waals surface area contributed by atoms with Gasteiger partial charge >= 0.3 is 5.97 Å². The maximum Gasteiger partial charge on any atom is 0.322 e. The highest BCUT2D eigenvalue weighted by Gasteiger charge is 2.08. The maximum atomic E-state index is 11.6. The van der Waals surface area contributed by atoms with Gasteiger partial charge in [-0.2, -0.15) is 12.6 Å². The van der Waals surface area contributed by atoms with Gasteiger partial charge in [-0.25, -0.2) is 0 Å². The summed E-state index contributed by atoms with van der Waals surface area (Å²) in [7, 11) is 0. The molecular formula is C11H15N3O4S. The van der Waals surface area contributed by atoms with Crippen molar-refractivity contribution in [2.24, 2.45) is 0 Å². The van der Waals surface area contributed by atoms with Crippen molar-refractivity contribution >= 4 is 36.1 Å². The molecule has 0 bridgehead atoms. The van der Waals surface area contributed by atoms with Crippen molar-refractivity contribution in [1.82, 2.24) is 11.5 Å². The zero-order valence-corrected chi connectivity index (χ0v) is 10.9. The topological polar surface area (TPSA) is 130 Å². The largest absolute Gasteiger partial charge is 0.480 e. The summed E-state index contributed by atoms with van der Waals surface area (Å²) in [5, 5.41) is 13.2. The molecule has 7 nitrogen and oxygen atoms in total. The summed E-state index contributed by atoms with van der Waals surface area (Å²) < 4.78 is 0. The zero-order chi connectivity index (χ0) is 13.5. The molecule has 2 amide bonds. The Balaban J connectivity index is 0.00000324. The van der Waals surface area contributed by atoms with Gasteiger partial charge in [-0.05, 0) is 18.2 Å². The summed E-state index contributed by atoms with van der Waals surface area (Å²) >= 11 is 3.81. The number of carboxylic acids is 1. The van der Waals surface area contributed by atoms with E-state index in [1.807, 2.05) is 0 Å². The number of anilines is 1. The first-order valence-corrected chi connectivity index (χ1v) is 5.67. The predicted molar refractivity (Wildman–Crippen MR) is 73.9 cm³/mol. The van der Waals surface area contributed by atoms with E-state index in [1.165, 1.54) is 12.1 Å². The first kappa shape index (κ1) is 16.9. The summed E-state index contributed by atoms with van der Waals surface area (Å²) in [5.41, 5.74) is 0.727. The summed E-state index contributed by atoms with van der Waals surface area (Å²) in [6, 6.07) is 6.19. The number of benzene rings is 1. The van der Waals surface area contributed by atoms with Crippen molar-refractivity contribution in [2.75, 3.05) is 17.6 Å². The zero-order valence-electron chi connectivity index (χ0n) is 10.0. The molecule has 19 heavy (non-hydrogen) atoms. The molecule has 0 heterocycles. The number of aliphatic carboxylic acids is 1. The van der Waals surface area contributed by atoms with Gasteiger partial charge in [0.05, 0.1) is 5.75 Å². The van der Waals surface area contributed by atoms with E-state index in [9.17, 15) is 14.4 Å². The molecule has 0 unspecified atom stereocenters. The molecule has 0 saturated heterocycles. The van der Waals surface area contributed by atoms with E-state index in [0.29, 0.717) is 5.69 Å². The van der Waals surface area contributed by atoms with Crippen LogP contribution in [0.25, 0.3) is 0 Å². The summed E-state index contributed by atoms with van der Waals surface area (Å²) in [6.07, 6.45) is 0. The second-order valence-electron chi connectivity index (χ2n) is 3.36. The van der Waals surface area contributed by atoms with Gasteiger partial charge in [0, 0.05) is 11.3 Å². The van der Waals surface area contributed by atoms with Crippen LogP contribution in [0, 0.1) is 0 Å². The van der Waals surface area contributed by atoms with E-state index in [1.54, 1.807) is 12.1 Å². The number of thiol groups is 1. The van der Waals surface area contributed by atoms with Crippen molar-refractivity contribution in [3.05, 3.63) is 29.8 Å². The molecule has 0 radical (unpaired) electrons. The van der Waals surface area contributed by atoms with Gasteiger partial charge in [0.25, 0.3) is 5.91 Å². The second kappa shape index (κ2) is 8.11. The number of nitrogens with one attached hydrogen (secondary N) is 2. The predicted octanol–water partition coefficient (Wildman–Crippen LogP) is 0.531. The molecule has 0 atom stereocenters. The van der Waals surface area contributed by atoms with Crippen LogP contribution in [0.15, 0.2) is 24.3 Å². The Morgan fingerprint density at radius 1 is 1.26 bits per heavy atom. The van der Waals surface area contributed by atoms with E-state index in [-0.39, 0.29) is 23.4 Å². The molecular weight excluding hydrogens is 270 g/mol. The van der Waals surface area contributed by atoms with Crippen molar-refractivity contribution in [1.29, 1.82) is 0 Å². The number of hydrogen-bond acceptors (Lipinski definition) is 5. The number of carboxylic acid groups (broad SMARTS) is 1. The van der Waals surface area contributed by atoms with E-state index in [0.717, 1.165) is 0 Å². The third-order valence-electron chi connectivity index (χ3n) is 1.95. The average molecular weight is 285 g/mol. The molecule has 1 rings (SSSR count). The molecule has 0 aliphatic rings. The van der Waals surface area contributed by atoms with Crippen LogP contribution in [0.4, 0.5) is 5.69 Å². The number of rotatable bonds is 5. The van der Waals surface area contributed by atoms with Gasteiger partial charge in [-0.3, -0.25) is 14.4 Å². The minimum atomic E-state index is -1.12. The number of carbonyl (C=O) groups excluding carboxylic acids is 2. The van der Waals surface area contributed by atoms with E-state index in [2.05, 4.69) is 23.3 Å². The third kappa shape index (κ3) is 5.89. The molecule has 8 heteroatoms. The highest BCUT2D eigenvalue weighted by molar-refractivity contribution is 7.81. The maximum absolute atomic E-state index is 11.6. The van der Waals surface area contributed by atoms with Gasteiger partial charge in [0.1, 0.15) is 6.54 Å². The molecule has 0 fully saturated rings. The highest BCUT2D eigenvalue weighted by atomic mass is 32.1. The van der Waals surface area contributed by atoms with Gasteiger partial charge in [-0.1, -0.05) is 6.07 Å². The van der Waals surface area contributed by atoms with Crippen LogP contribution in [0.3, 0.4) is 0 Å². The number of carbonyl (C=O) groups is 3. The summed E-state index contributed by atoms with van der Waals surface area (Å²) in [6.45, 7) is -0.452. The Bertz CT molecular complexity index is 479.